The van der Waals surface area contributed by atoms with Gasteiger partial charge in [-0.25, -0.2) is 0 Å². The second-order valence-corrected chi connectivity index (χ2v) is 4.77. The molecule has 98 valence electrons. The van der Waals surface area contributed by atoms with Crippen LogP contribution < -0.4 is 5.32 Å². The summed E-state index contributed by atoms with van der Waals surface area (Å²) in [4.78, 5) is 16.2. The maximum atomic E-state index is 12.0. The number of aromatic amines is 1. The SMILES string of the molecule is O=C1NCCCC1n1c(-c2ccccn2)n[nH]c1=S. The van der Waals surface area contributed by atoms with Crippen LogP contribution in [0.5, 0.6) is 0 Å². The number of nitrogens with one attached hydrogen (secondary N) is 2. The van der Waals surface area contributed by atoms with E-state index in [2.05, 4.69) is 20.5 Å². The number of H-pyrrole nitrogens is 1. The predicted octanol–water partition coefficient (Wildman–Crippen LogP) is 1.45. The zero-order chi connectivity index (χ0) is 13.2. The number of hydrogen-bond acceptors (Lipinski definition) is 4. The first-order valence-corrected chi connectivity index (χ1v) is 6.54. The molecule has 0 radical (unpaired) electrons. The normalized spacial score (nSPS) is 19.2. The van der Waals surface area contributed by atoms with Gasteiger partial charge in [0.2, 0.25) is 5.91 Å². The molecule has 19 heavy (non-hydrogen) atoms. The van der Waals surface area contributed by atoms with Crippen LogP contribution in [0.1, 0.15) is 18.9 Å². The first-order chi connectivity index (χ1) is 9.27. The largest absolute Gasteiger partial charge is 0.354 e. The van der Waals surface area contributed by atoms with Crippen molar-refractivity contribution >= 4 is 18.1 Å². The average Bonchev–Trinajstić information content (AvgIpc) is 2.82. The van der Waals surface area contributed by atoms with Gasteiger partial charge in [0.15, 0.2) is 10.6 Å². The number of piperidine rings is 1. The standard InChI is InChI=1S/C12H13N5OS/c18-11-9(5-3-7-14-11)17-10(15-16-12(17)19)8-4-1-2-6-13-8/h1-2,4,6,9H,3,5,7H2,(H,14,18)(H,16,19). The van der Waals surface area contributed by atoms with E-state index >= 15 is 0 Å². The molecule has 2 aromatic rings. The first-order valence-electron chi connectivity index (χ1n) is 6.13. The second kappa shape index (κ2) is 4.93. The summed E-state index contributed by atoms with van der Waals surface area (Å²) in [5, 5.41) is 9.81. The van der Waals surface area contributed by atoms with Crippen LogP contribution in [0.15, 0.2) is 24.4 Å². The first kappa shape index (κ1) is 12.0. The number of hydrogen-bond donors (Lipinski definition) is 2. The Kier molecular flexibility index (Phi) is 3.12. The van der Waals surface area contributed by atoms with Crippen molar-refractivity contribution in [2.24, 2.45) is 0 Å². The van der Waals surface area contributed by atoms with E-state index in [-0.39, 0.29) is 11.9 Å². The van der Waals surface area contributed by atoms with Crippen LogP contribution >= 0.6 is 12.2 Å². The average molecular weight is 275 g/mol. The molecule has 1 amide bonds. The van der Waals surface area contributed by atoms with Gasteiger partial charge in [-0.2, -0.15) is 5.10 Å². The third-order valence-corrected chi connectivity index (χ3v) is 3.45. The molecule has 0 bridgehead atoms. The minimum atomic E-state index is -0.308. The van der Waals surface area contributed by atoms with E-state index < -0.39 is 0 Å². The lowest BCUT2D eigenvalue weighted by molar-refractivity contribution is -0.125. The topological polar surface area (TPSA) is 75.6 Å². The van der Waals surface area contributed by atoms with E-state index in [0.29, 0.717) is 16.3 Å². The van der Waals surface area contributed by atoms with Gasteiger partial charge in [-0.3, -0.25) is 19.4 Å². The summed E-state index contributed by atoms with van der Waals surface area (Å²) in [6, 6.07) is 5.26. The summed E-state index contributed by atoms with van der Waals surface area (Å²) in [6.07, 6.45) is 3.39. The Morgan fingerprint density at radius 2 is 2.32 bits per heavy atom. The third-order valence-electron chi connectivity index (χ3n) is 3.17. The number of amides is 1. The van der Waals surface area contributed by atoms with E-state index in [1.54, 1.807) is 10.8 Å². The lowest BCUT2D eigenvalue weighted by Crippen LogP contribution is -2.38. The van der Waals surface area contributed by atoms with E-state index in [1.807, 2.05) is 18.2 Å². The molecule has 1 unspecified atom stereocenters. The fourth-order valence-electron chi connectivity index (χ4n) is 2.27. The van der Waals surface area contributed by atoms with Crippen molar-refractivity contribution in [2.75, 3.05) is 6.54 Å². The van der Waals surface area contributed by atoms with Gasteiger partial charge in [-0.15, -0.1) is 0 Å². The summed E-state index contributed by atoms with van der Waals surface area (Å²) in [5.74, 6) is 0.591. The monoisotopic (exact) mass is 275 g/mol. The quantitative estimate of drug-likeness (QED) is 0.813. The van der Waals surface area contributed by atoms with Crippen LogP contribution in [0.4, 0.5) is 0 Å². The van der Waals surface area contributed by atoms with Crippen LogP contribution in [0, 0.1) is 4.77 Å². The molecule has 7 heteroatoms. The molecule has 3 heterocycles. The minimum absolute atomic E-state index is 0.0130. The zero-order valence-electron chi connectivity index (χ0n) is 10.2. The van der Waals surface area contributed by atoms with Crippen molar-refractivity contribution < 1.29 is 4.79 Å². The molecule has 1 fully saturated rings. The summed E-state index contributed by atoms with van der Waals surface area (Å²) >= 11 is 5.24. The third kappa shape index (κ3) is 2.17. The highest BCUT2D eigenvalue weighted by Gasteiger charge is 2.27. The molecule has 0 aromatic carbocycles. The molecule has 2 N–H and O–H groups in total. The van der Waals surface area contributed by atoms with Crippen molar-refractivity contribution in [3.8, 4) is 11.5 Å². The zero-order valence-corrected chi connectivity index (χ0v) is 11.0. The van der Waals surface area contributed by atoms with Crippen LogP contribution in [0.3, 0.4) is 0 Å². The summed E-state index contributed by atoms with van der Waals surface area (Å²) < 4.78 is 2.20. The Morgan fingerprint density at radius 1 is 1.42 bits per heavy atom. The smallest absolute Gasteiger partial charge is 0.243 e. The van der Waals surface area contributed by atoms with E-state index in [4.69, 9.17) is 12.2 Å². The van der Waals surface area contributed by atoms with Crippen molar-refractivity contribution in [1.29, 1.82) is 0 Å². The molecule has 1 aliphatic rings. The van der Waals surface area contributed by atoms with Crippen LogP contribution in [0.2, 0.25) is 0 Å². The fraction of sp³-hybridized carbons (Fsp3) is 0.333. The molecule has 2 aromatic heterocycles. The van der Waals surface area contributed by atoms with Crippen molar-refractivity contribution in [3.63, 3.8) is 0 Å². The van der Waals surface area contributed by atoms with Crippen LogP contribution in [0.25, 0.3) is 11.5 Å². The van der Waals surface area contributed by atoms with E-state index in [0.717, 1.165) is 19.4 Å². The van der Waals surface area contributed by atoms with Gasteiger partial charge >= 0.3 is 0 Å². The van der Waals surface area contributed by atoms with Gasteiger partial charge in [-0.05, 0) is 37.2 Å². The van der Waals surface area contributed by atoms with Gasteiger partial charge in [0.1, 0.15) is 11.7 Å². The van der Waals surface area contributed by atoms with Crippen molar-refractivity contribution in [1.82, 2.24) is 25.1 Å². The Hall–Kier alpha value is -2.02. The number of carbonyl (C=O) groups excluding carboxylic acids is 1. The molecular formula is C12H13N5OS. The molecule has 6 nitrogen and oxygen atoms in total. The van der Waals surface area contributed by atoms with Gasteiger partial charge in [-0.1, -0.05) is 6.07 Å². The van der Waals surface area contributed by atoms with Crippen molar-refractivity contribution in [2.45, 2.75) is 18.9 Å². The maximum Gasteiger partial charge on any atom is 0.243 e. The number of aromatic nitrogens is 4. The van der Waals surface area contributed by atoms with Crippen LogP contribution in [-0.2, 0) is 4.79 Å². The number of nitrogens with zero attached hydrogens (tertiary/aromatic N) is 3. The van der Waals surface area contributed by atoms with Gasteiger partial charge in [0.05, 0.1) is 0 Å². The molecule has 1 atom stereocenters. The minimum Gasteiger partial charge on any atom is -0.354 e. The molecule has 0 aliphatic carbocycles. The maximum absolute atomic E-state index is 12.0. The van der Waals surface area contributed by atoms with E-state index in [1.165, 1.54) is 0 Å². The molecule has 0 saturated carbocycles. The van der Waals surface area contributed by atoms with Gasteiger partial charge in [0.25, 0.3) is 0 Å². The Balaban J connectivity index is 2.09. The lowest BCUT2D eigenvalue weighted by atomic mass is 10.1. The summed E-state index contributed by atoms with van der Waals surface area (Å²) in [6.45, 7) is 0.722. The molecule has 1 saturated heterocycles. The van der Waals surface area contributed by atoms with Gasteiger partial charge < -0.3 is 5.32 Å². The number of carbonyl (C=O) groups is 1. The van der Waals surface area contributed by atoms with Gasteiger partial charge in [0, 0.05) is 12.7 Å². The van der Waals surface area contributed by atoms with E-state index in [9.17, 15) is 4.79 Å². The molecule has 1 aliphatic heterocycles. The predicted molar refractivity (Wildman–Crippen MR) is 71.9 cm³/mol. The highest BCUT2D eigenvalue weighted by atomic mass is 32.1. The number of pyridine rings is 1. The molecule has 0 spiro atoms. The molecule has 3 rings (SSSR count). The Morgan fingerprint density at radius 3 is 3.05 bits per heavy atom. The highest BCUT2D eigenvalue weighted by molar-refractivity contribution is 7.71. The second-order valence-electron chi connectivity index (χ2n) is 4.39. The number of rotatable bonds is 2. The Labute approximate surface area is 114 Å². The molecular weight excluding hydrogens is 262 g/mol. The summed E-state index contributed by atoms with van der Waals surface area (Å²) in [5.41, 5.74) is 0.702. The van der Waals surface area contributed by atoms with Crippen molar-refractivity contribution in [3.05, 3.63) is 29.2 Å². The van der Waals surface area contributed by atoms with Crippen LogP contribution in [-0.4, -0.2) is 32.2 Å². The Bertz CT molecular complexity index is 648. The lowest BCUT2D eigenvalue weighted by Gasteiger charge is -2.23. The fourth-order valence-corrected chi connectivity index (χ4v) is 2.53. The highest BCUT2D eigenvalue weighted by Crippen LogP contribution is 2.24. The summed E-state index contributed by atoms with van der Waals surface area (Å²) in [7, 11) is 0.